The highest BCUT2D eigenvalue weighted by atomic mass is 32.2. The number of amides is 2. The lowest BCUT2D eigenvalue weighted by molar-refractivity contribution is -0.115. The molecule has 3 aromatic heterocycles. The molecule has 2 aliphatic rings. The number of imide groups is 1. The molecule has 2 N–H and O–H groups in total. The molecule has 5 rings (SSSR count). The Morgan fingerprint density at radius 3 is 2.73 bits per heavy atom. The number of Topliss-reactive ketones (excluding diaryl/α,β-unsaturated/α-hetero) is 1. The Hall–Kier alpha value is -3.41. The second-order valence-corrected chi connectivity index (χ2v) is 11.0. The van der Waals surface area contributed by atoms with Gasteiger partial charge in [-0.2, -0.15) is 0 Å². The van der Waals surface area contributed by atoms with Gasteiger partial charge in [-0.25, -0.2) is 9.97 Å². The molecule has 0 radical (unpaired) electrons. The molecule has 2 saturated heterocycles. The molecule has 2 fully saturated rings. The van der Waals surface area contributed by atoms with E-state index in [2.05, 4.69) is 36.6 Å². The van der Waals surface area contributed by atoms with Gasteiger partial charge in [-0.1, -0.05) is 6.07 Å². The molecule has 5 heterocycles. The monoisotopic (exact) mass is 534 g/mol. The molecule has 0 atom stereocenters. The molecular formula is C26H26N6O3S2. The minimum Gasteiger partial charge on any atom is -0.341 e. The number of aromatic nitrogens is 3. The van der Waals surface area contributed by atoms with Crippen molar-refractivity contribution in [1.29, 1.82) is 0 Å². The standard InChI is InChI=1S/C26H26N6O3S2/c1-16(33)20-4-5-21(36-20)23-18(3-2-9-28-23)15-27-14-17-7-11-32(12-8-17)25-29-10-6-19(30-25)13-22-24(34)31-26(35)37-22/h2-6,9-10,13,17,27H,7-8,11-12,14-15H2,1H3,(H,31,34,35)/b22-13+. The van der Waals surface area contributed by atoms with Crippen LogP contribution in [-0.2, 0) is 11.3 Å². The number of hydrogen-bond donors (Lipinski definition) is 2. The Balaban J connectivity index is 1.14. The van der Waals surface area contributed by atoms with Crippen LogP contribution in [0.3, 0.4) is 0 Å². The van der Waals surface area contributed by atoms with E-state index in [-0.39, 0.29) is 11.0 Å². The van der Waals surface area contributed by atoms with Crippen LogP contribution in [0.2, 0.25) is 0 Å². The van der Waals surface area contributed by atoms with E-state index < -0.39 is 5.91 Å². The normalized spacial score (nSPS) is 17.4. The number of nitrogens with one attached hydrogen (secondary N) is 2. The summed E-state index contributed by atoms with van der Waals surface area (Å²) in [5.74, 6) is 0.857. The van der Waals surface area contributed by atoms with Crippen molar-refractivity contribution >= 4 is 52.1 Å². The number of carbonyl (C=O) groups is 3. The maximum atomic E-state index is 11.8. The van der Waals surface area contributed by atoms with E-state index in [1.807, 2.05) is 18.2 Å². The molecule has 9 nitrogen and oxygen atoms in total. The van der Waals surface area contributed by atoms with Gasteiger partial charge < -0.3 is 10.2 Å². The van der Waals surface area contributed by atoms with Crippen LogP contribution in [0.4, 0.5) is 10.7 Å². The molecule has 0 spiro atoms. The zero-order chi connectivity index (χ0) is 25.8. The molecule has 11 heteroatoms. The first kappa shape index (κ1) is 25.2. The number of rotatable bonds is 8. The summed E-state index contributed by atoms with van der Waals surface area (Å²) in [5.41, 5.74) is 2.65. The quantitative estimate of drug-likeness (QED) is 0.325. The molecule has 0 bridgehead atoms. The fourth-order valence-corrected chi connectivity index (χ4v) is 5.96. The van der Waals surface area contributed by atoms with Gasteiger partial charge in [0.05, 0.1) is 26.0 Å². The first-order valence-electron chi connectivity index (χ1n) is 12.0. The van der Waals surface area contributed by atoms with Crippen molar-refractivity contribution in [3.05, 3.63) is 63.8 Å². The summed E-state index contributed by atoms with van der Waals surface area (Å²) in [6, 6.07) is 9.58. The highest BCUT2D eigenvalue weighted by Gasteiger charge is 2.26. The van der Waals surface area contributed by atoms with Crippen molar-refractivity contribution in [3.63, 3.8) is 0 Å². The van der Waals surface area contributed by atoms with Crippen molar-refractivity contribution in [1.82, 2.24) is 25.6 Å². The summed E-state index contributed by atoms with van der Waals surface area (Å²) < 4.78 is 0. The fraction of sp³-hybridized carbons (Fsp3) is 0.308. The van der Waals surface area contributed by atoms with Crippen molar-refractivity contribution in [2.75, 3.05) is 24.5 Å². The number of piperidine rings is 1. The van der Waals surface area contributed by atoms with E-state index in [0.717, 1.165) is 65.2 Å². The molecule has 3 aromatic rings. The van der Waals surface area contributed by atoms with Crippen LogP contribution in [0.5, 0.6) is 0 Å². The lowest BCUT2D eigenvalue weighted by atomic mass is 9.97. The van der Waals surface area contributed by atoms with Crippen LogP contribution in [-0.4, -0.2) is 51.5 Å². The molecule has 0 aromatic carbocycles. The summed E-state index contributed by atoms with van der Waals surface area (Å²) >= 11 is 2.36. The lowest BCUT2D eigenvalue weighted by Gasteiger charge is -2.32. The van der Waals surface area contributed by atoms with Crippen molar-refractivity contribution < 1.29 is 14.4 Å². The molecule has 0 saturated carbocycles. The predicted molar refractivity (Wildman–Crippen MR) is 145 cm³/mol. The summed E-state index contributed by atoms with van der Waals surface area (Å²) in [4.78, 5) is 52.7. The second kappa shape index (κ2) is 11.3. The first-order valence-corrected chi connectivity index (χ1v) is 13.7. The average molecular weight is 535 g/mol. The van der Waals surface area contributed by atoms with Gasteiger partial charge >= 0.3 is 0 Å². The lowest BCUT2D eigenvalue weighted by Crippen LogP contribution is -2.38. The number of ketones is 1. The summed E-state index contributed by atoms with van der Waals surface area (Å²) in [7, 11) is 0. The SMILES string of the molecule is CC(=O)c1ccc(-c2ncccc2CNCC2CCN(c3nccc(/C=C4/SC(=O)NC4=O)n3)CC2)s1. The van der Waals surface area contributed by atoms with Gasteiger partial charge in [-0.3, -0.25) is 24.7 Å². The Kier molecular flexibility index (Phi) is 7.73. The molecule has 2 amide bonds. The maximum Gasteiger partial charge on any atom is 0.290 e. The number of carbonyl (C=O) groups excluding carboxylic acids is 3. The van der Waals surface area contributed by atoms with Gasteiger partial charge in [0.1, 0.15) is 0 Å². The highest BCUT2D eigenvalue weighted by molar-refractivity contribution is 8.18. The van der Waals surface area contributed by atoms with Gasteiger partial charge in [0, 0.05) is 32.0 Å². The van der Waals surface area contributed by atoms with Crippen LogP contribution in [0, 0.1) is 5.92 Å². The van der Waals surface area contributed by atoms with Crippen LogP contribution in [0.1, 0.15) is 40.7 Å². The number of pyridine rings is 1. The number of thiophene rings is 1. The second-order valence-electron chi connectivity index (χ2n) is 8.93. The number of nitrogens with zero attached hydrogens (tertiary/aromatic N) is 4. The van der Waals surface area contributed by atoms with E-state index in [1.54, 1.807) is 31.5 Å². The van der Waals surface area contributed by atoms with Crippen LogP contribution in [0.25, 0.3) is 16.6 Å². The Morgan fingerprint density at radius 1 is 1.16 bits per heavy atom. The van der Waals surface area contributed by atoms with Crippen LogP contribution >= 0.6 is 23.1 Å². The van der Waals surface area contributed by atoms with E-state index in [1.165, 1.54) is 11.3 Å². The van der Waals surface area contributed by atoms with E-state index in [9.17, 15) is 14.4 Å². The van der Waals surface area contributed by atoms with Gasteiger partial charge in [0.25, 0.3) is 11.1 Å². The predicted octanol–water partition coefficient (Wildman–Crippen LogP) is 4.13. The van der Waals surface area contributed by atoms with Crippen LogP contribution in [0.15, 0.2) is 47.6 Å². The third-order valence-electron chi connectivity index (χ3n) is 6.31. The third kappa shape index (κ3) is 6.12. The van der Waals surface area contributed by atoms with Gasteiger partial charge in [-0.15, -0.1) is 11.3 Å². The Morgan fingerprint density at radius 2 is 2.00 bits per heavy atom. The number of thioether (sulfide) groups is 1. The first-order chi connectivity index (χ1) is 18.0. The topological polar surface area (TPSA) is 117 Å². The smallest absolute Gasteiger partial charge is 0.290 e. The molecular weight excluding hydrogens is 508 g/mol. The largest absolute Gasteiger partial charge is 0.341 e. The summed E-state index contributed by atoms with van der Waals surface area (Å²) in [6.45, 7) is 4.90. The molecule has 0 aliphatic carbocycles. The molecule has 2 aliphatic heterocycles. The average Bonchev–Trinajstić information content (AvgIpc) is 3.51. The molecule has 0 unspecified atom stereocenters. The fourth-order valence-electron chi connectivity index (χ4n) is 4.36. The summed E-state index contributed by atoms with van der Waals surface area (Å²) in [5, 5.41) is 5.48. The maximum absolute atomic E-state index is 11.8. The Labute approximate surface area is 222 Å². The van der Waals surface area contributed by atoms with Crippen molar-refractivity contribution in [2.45, 2.75) is 26.3 Å². The number of anilines is 1. The summed E-state index contributed by atoms with van der Waals surface area (Å²) in [6.07, 6.45) is 7.12. The minimum absolute atomic E-state index is 0.0732. The van der Waals surface area contributed by atoms with Gasteiger partial charge in [-0.05, 0) is 79.9 Å². The highest BCUT2D eigenvalue weighted by Crippen LogP contribution is 2.30. The number of hydrogen-bond acceptors (Lipinski definition) is 10. The van der Waals surface area contributed by atoms with Gasteiger partial charge in [0.2, 0.25) is 5.95 Å². The Bertz CT molecular complexity index is 1360. The van der Waals surface area contributed by atoms with Crippen molar-refractivity contribution in [3.8, 4) is 10.6 Å². The molecule has 37 heavy (non-hydrogen) atoms. The van der Waals surface area contributed by atoms with Crippen molar-refractivity contribution in [2.24, 2.45) is 5.92 Å². The zero-order valence-electron chi connectivity index (χ0n) is 20.3. The van der Waals surface area contributed by atoms with E-state index in [4.69, 9.17) is 0 Å². The van der Waals surface area contributed by atoms with E-state index >= 15 is 0 Å². The van der Waals surface area contributed by atoms with Crippen LogP contribution < -0.4 is 15.5 Å². The minimum atomic E-state index is -0.391. The van der Waals surface area contributed by atoms with E-state index in [0.29, 0.717) is 29.0 Å². The zero-order valence-corrected chi connectivity index (χ0v) is 21.9. The molecule has 190 valence electrons. The van der Waals surface area contributed by atoms with Gasteiger partial charge in [0.15, 0.2) is 5.78 Å². The third-order valence-corrected chi connectivity index (χ3v) is 8.31.